The summed E-state index contributed by atoms with van der Waals surface area (Å²) in [6, 6.07) is 2.32. The maximum absolute atomic E-state index is 11.7. The maximum Gasteiger partial charge on any atom is 0.237 e. The zero-order valence-corrected chi connectivity index (χ0v) is 12.1. The quantitative estimate of drug-likeness (QED) is 0.582. The molecule has 3 N–H and O–H groups in total. The van der Waals surface area contributed by atoms with E-state index < -0.39 is 5.54 Å². The van der Waals surface area contributed by atoms with Crippen molar-refractivity contribution in [1.82, 2.24) is 15.3 Å². The van der Waals surface area contributed by atoms with E-state index in [1.54, 1.807) is 18.0 Å². The van der Waals surface area contributed by atoms with Crippen molar-refractivity contribution in [3.8, 4) is 0 Å². The van der Waals surface area contributed by atoms with Crippen LogP contribution in [0.1, 0.15) is 33.1 Å². The van der Waals surface area contributed by atoms with Crippen molar-refractivity contribution in [2.45, 2.75) is 55.0 Å². The molecule has 1 aliphatic carbocycles. The number of nitrogens with zero attached hydrogens (tertiary/aromatic N) is 2. The SMILES string of the molecule is CC(CC(C)(NC1CC1)C(N)=O)Sc1ccncn1. The molecule has 0 saturated heterocycles. The van der Waals surface area contributed by atoms with Crippen molar-refractivity contribution in [2.75, 3.05) is 0 Å². The van der Waals surface area contributed by atoms with Crippen LogP contribution in [0.15, 0.2) is 23.6 Å². The largest absolute Gasteiger partial charge is 0.368 e. The lowest BCUT2D eigenvalue weighted by Crippen LogP contribution is -2.55. The van der Waals surface area contributed by atoms with Crippen LogP contribution in [0.25, 0.3) is 0 Å². The predicted octanol–water partition coefficient (Wildman–Crippen LogP) is 1.34. The van der Waals surface area contributed by atoms with Crippen LogP contribution in [0.3, 0.4) is 0 Å². The average Bonchev–Trinajstić information content (AvgIpc) is 3.13. The van der Waals surface area contributed by atoms with Gasteiger partial charge in [0.2, 0.25) is 5.91 Å². The topological polar surface area (TPSA) is 80.9 Å². The highest BCUT2D eigenvalue weighted by Crippen LogP contribution is 2.30. The highest BCUT2D eigenvalue weighted by molar-refractivity contribution is 7.99. The smallest absolute Gasteiger partial charge is 0.237 e. The molecular weight excluding hydrogens is 260 g/mol. The van der Waals surface area contributed by atoms with Crippen LogP contribution in [0.4, 0.5) is 0 Å². The van der Waals surface area contributed by atoms with Gasteiger partial charge in [-0.05, 0) is 32.3 Å². The fraction of sp³-hybridized carbons (Fsp3) is 0.615. The van der Waals surface area contributed by atoms with Crippen molar-refractivity contribution in [3.63, 3.8) is 0 Å². The lowest BCUT2D eigenvalue weighted by molar-refractivity contribution is -0.124. The van der Waals surface area contributed by atoms with E-state index in [0.717, 1.165) is 17.9 Å². The minimum Gasteiger partial charge on any atom is -0.368 e. The summed E-state index contributed by atoms with van der Waals surface area (Å²) in [6.07, 6.45) is 6.21. The van der Waals surface area contributed by atoms with E-state index in [2.05, 4.69) is 22.2 Å². The zero-order valence-electron chi connectivity index (χ0n) is 11.3. The monoisotopic (exact) mass is 280 g/mol. The van der Waals surface area contributed by atoms with Gasteiger partial charge in [-0.3, -0.25) is 4.79 Å². The van der Waals surface area contributed by atoms with E-state index in [1.165, 1.54) is 6.33 Å². The fourth-order valence-corrected chi connectivity index (χ4v) is 3.16. The summed E-state index contributed by atoms with van der Waals surface area (Å²) in [5.41, 5.74) is 4.91. The van der Waals surface area contributed by atoms with Gasteiger partial charge >= 0.3 is 0 Å². The number of nitrogens with two attached hydrogens (primary N) is 1. The Hall–Kier alpha value is -1.14. The number of amides is 1. The van der Waals surface area contributed by atoms with Gasteiger partial charge in [0.25, 0.3) is 0 Å². The van der Waals surface area contributed by atoms with Gasteiger partial charge in [0.15, 0.2) is 0 Å². The Bertz CT molecular complexity index is 438. The van der Waals surface area contributed by atoms with Crippen LogP contribution >= 0.6 is 11.8 Å². The number of thioether (sulfide) groups is 1. The summed E-state index contributed by atoms with van der Waals surface area (Å²) in [5, 5.41) is 4.53. The standard InChI is InChI=1S/C13H20N4OS/c1-9(19-11-5-6-15-8-16-11)7-13(2,12(14)18)17-10-3-4-10/h5-6,8-10,17H,3-4,7H2,1-2H3,(H2,14,18). The molecule has 0 spiro atoms. The second-order valence-electron chi connectivity index (χ2n) is 5.30. The molecule has 6 heteroatoms. The Kier molecular flexibility index (Phi) is 4.42. The minimum absolute atomic E-state index is 0.249. The molecular formula is C13H20N4OS. The van der Waals surface area contributed by atoms with E-state index in [9.17, 15) is 4.79 Å². The Balaban J connectivity index is 1.94. The molecule has 2 rings (SSSR count). The predicted molar refractivity (Wildman–Crippen MR) is 75.7 cm³/mol. The third-order valence-electron chi connectivity index (χ3n) is 3.22. The lowest BCUT2D eigenvalue weighted by atomic mass is 9.95. The Morgan fingerprint density at radius 1 is 1.68 bits per heavy atom. The Morgan fingerprint density at radius 2 is 2.42 bits per heavy atom. The summed E-state index contributed by atoms with van der Waals surface area (Å²) >= 11 is 1.64. The summed E-state index contributed by atoms with van der Waals surface area (Å²) in [4.78, 5) is 19.8. The van der Waals surface area contributed by atoms with Crippen LogP contribution < -0.4 is 11.1 Å². The Morgan fingerprint density at radius 3 is 2.95 bits per heavy atom. The highest BCUT2D eigenvalue weighted by Gasteiger charge is 2.38. The highest BCUT2D eigenvalue weighted by atomic mass is 32.2. The normalized spacial score (nSPS) is 19.7. The number of carbonyl (C=O) groups is 1. The minimum atomic E-state index is -0.638. The maximum atomic E-state index is 11.7. The fourth-order valence-electron chi connectivity index (χ4n) is 2.08. The third kappa shape index (κ3) is 4.18. The van der Waals surface area contributed by atoms with Crippen LogP contribution in [-0.4, -0.2) is 32.7 Å². The van der Waals surface area contributed by atoms with Crippen molar-refractivity contribution < 1.29 is 4.79 Å². The molecule has 104 valence electrons. The molecule has 0 radical (unpaired) electrons. The molecule has 2 atom stereocenters. The third-order valence-corrected chi connectivity index (χ3v) is 4.27. The number of aromatic nitrogens is 2. The van der Waals surface area contributed by atoms with Crippen molar-refractivity contribution in [3.05, 3.63) is 18.6 Å². The number of primary amides is 1. The van der Waals surface area contributed by atoms with E-state index in [-0.39, 0.29) is 11.2 Å². The second-order valence-corrected chi connectivity index (χ2v) is 6.75. The van der Waals surface area contributed by atoms with Crippen LogP contribution in [-0.2, 0) is 4.79 Å². The first-order valence-electron chi connectivity index (χ1n) is 6.50. The lowest BCUT2D eigenvalue weighted by Gasteiger charge is -2.30. The van der Waals surface area contributed by atoms with Crippen LogP contribution in [0, 0.1) is 0 Å². The van der Waals surface area contributed by atoms with E-state index in [4.69, 9.17) is 5.73 Å². The molecule has 0 aliphatic heterocycles. The van der Waals surface area contributed by atoms with Crippen LogP contribution in [0.2, 0.25) is 0 Å². The number of carbonyl (C=O) groups excluding carboxylic acids is 1. The molecule has 1 amide bonds. The van der Waals surface area contributed by atoms with Gasteiger partial charge in [0.1, 0.15) is 6.33 Å². The average molecular weight is 280 g/mol. The Labute approximate surface area is 117 Å². The van der Waals surface area contributed by atoms with Gasteiger partial charge in [0.05, 0.1) is 10.6 Å². The molecule has 0 aromatic carbocycles. The van der Waals surface area contributed by atoms with E-state index in [1.807, 2.05) is 13.0 Å². The van der Waals surface area contributed by atoms with Gasteiger partial charge < -0.3 is 11.1 Å². The molecule has 1 aromatic heterocycles. The summed E-state index contributed by atoms with van der Waals surface area (Å²) in [7, 11) is 0. The number of hydrogen-bond donors (Lipinski definition) is 2. The first-order chi connectivity index (χ1) is 8.99. The number of hydrogen-bond acceptors (Lipinski definition) is 5. The molecule has 19 heavy (non-hydrogen) atoms. The summed E-state index contributed by atoms with van der Waals surface area (Å²) in [5.74, 6) is -0.283. The molecule has 2 unspecified atom stereocenters. The van der Waals surface area contributed by atoms with Crippen molar-refractivity contribution in [1.29, 1.82) is 0 Å². The zero-order chi connectivity index (χ0) is 13.9. The van der Waals surface area contributed by atoms with Gasteiger partial charge in [0, 0.05) is 17.5 Å². The van der Waals surface area contributed by atoms with Crippen molar-refractivity contribution in [2.24, 2.45) is 5.73 Å². The van der Waals surface area contributed by atoms with Crippen LogP contribution in [0.5, 0.6) is 0 Å². The summed E-state index contributed by atoms with van der Waals surface area (Å²) in [6.45, 7) is 3.98. The molecule has 5 nitrogen and oxygen atoms in total. The van der Waals surface area contributed by atoms with E-state index >= 15 is 0 Å². The van der Waals surface area contributed by atoms with E-state index in [0.29, 0.717) is 12.5 Å². The second kappa shape index (κ2) is 5.88. The molecule has 1 aliphatic rings. The molecule has 1 heterocycles. The number of nitrogens with one attached hydrogen (secondary N) is 1. The molecule has 1 saturated carbocycles. The number of rotatable bonds is 7. The molecule has 1 fully saturated rings. The first-order valence-corrected chi connectivity index (χ1v) is 7.38. The molecule has 0 bridgehead atoms. The molecule has 1 aromatic rings. The van der Waals surface area contributed by atoms with Gasteiger partial charge in [-0.1, -0.05) is 6.92 Å². The van der Waals surface area contributed by atoms with Gasteiger partial charge in [-0.2, -0.15) is 0 Å². The van der Waals surface area contributed by atoms with Gasteiger partial charge in [-0.25, -0.2) is 9.97 Å². The first kappa shape index (κ1) is 14.3. The van der Waals surface area contributed by atoms with Crippen molar-refractivity contribution >= 4 is 17.7 Å². The summed E-state index contributed by atoms with van der Waals surface area (Å²) < 4.78 is 0. The van der Waals surface area contributed by atoms with Gasteiger partial charge in [-0.15, -0.1) is 11.8 Å².